The summed E-state index contributed by atoms with van der Waals surface area (Å²) in [5.41, 5.74) is -2.15. The van der Waals surface area contributed by atoms with Crippen LogP contribution in [0, 0.1) is 17.8 Å². The Morgan fingerprint density at radius 2 is 1.94 bits per heavy atom. The van der Waals surface area contributed by atoms with E-state index in [4.69, 9.17) is 9.47 Å². The summed E-state index contributed by atoms with van der Waals surface area (Å²) in [4.78, 5) is 46.0. The molecule has 0 aromatic heterocycles. The maximum Gasteiger partial charge on any atom is 0.310 e. The van der Waals surface area contributed by atoms with Gasteiger partial charge in [0, 0.05) is 45.9 Å². The highest BCUT2D eigenvalue weighted by Crippen LogP contribution is 2.65. The molecule has 36 heavy (non-hydrogen) atoms. The van der Waals surface area contributed by atoms with Crippen molar-refractivity contribution in [3.8, 4) is 0 Å². The van der Waals surface area contributed by atoms with Crippen LogP contribution in [0.2, 0.25) is 0 Å². The molecule has 2 amide bonds. The molecular formula is C26H41N3O7. The van der Waals surface area contributed by atoms with Gasteiger partial charge in [-0.25, -0.2) is 0 Å². The summed E-state index contributed by atoms with van der Waals surface area (Å²) in [5, 5.41) is 19.3. The fraction of sp³-hybridized carbons (Fsp3) is 0.808. The second kappa shape index (κ2) is 10.8. The van der Waals surface area contributed by atoms with Gasteiger partial charge in [0.1, 0.15) is 17.6 Å². The predicted octanol–water partition coefficient (Wildman–Crippen LogP) is 0.591. The van der Waals surface area contributed by atoms with Crippen LogP contribution in [-0.2, 0) is 23.9 Å². The predicted molar refractivity (Wildman–Crippen MR) is 131 cm³/mol. The average Bonchev–Trinajstić information content (AvgIpc) is 3.36. The summed E-state index contributed by atoms with van der Waals surface area (Å²) in [6, 6.07) is -0.873. The number of fused-ring (bicyclic) bond motifs is 1. The summed E-state index contributed by atoms with van der Waals surface area (Å²) in [5.74, 6) is -3.53. The van der Waals surface area contributed by atoms with Gasteiger partial charge in [0.2, 0.25) is 11.8 Å². The van der Waals surface area contributed by atoms with Crippen molar-refractivity contribution in [3.63, 3.8) is 0 Å². The molecule has 4 heterocycles. The summed E-state index contributed by atoms with van der Waals surface area (Å²) in [6.45, 7) is 12.4. The highest BCUT2D eigenvalue weighted by Gasteiger charge is 2.80. The fourth-order valence-electron chi connectivity index (χ4n) is 6.91. The van der Waals surface area contributed by atoms with E-state index in [9.17, 15) is 24.6 Å². The third-order valence-electron chi connectivity index (χ3n) is 8.82. The van der Waals surface area contributed by atoms with Crippen LogP contribution in [0.4, 0.5) is 0 Å². The Labute approximate surface area is 213 Å². The van der Waals surface area contributed by atoms with Crippen molar-refractivity contribution >= 4 is 17.8 Å². The third-order valence-corrected chi connectivity index (χ3v) is 8.82. The van der Waals surface area contributed by atoms with Crippen LogP contribution in [0.1, 0.15) is 39.5 Å². The second-order valence-electron chi connectivity index (χ2n) is 10.9. The number of hydrogen-bond donors (Lipinski definition) is 2. The van der Waals surface area contributed by atoms with Gasteiger partial charge in [-0.15, -0.1) is 6.58 Å². The molecule has 1 spiro atoms. The molecule has 3 unspecified atom stereocenters. The van der Waals surface area contributed by atoms with E-state index in [1.165, 1.54) is 0 Å². The molecule has 4 aliphatic rings. The number of carboxylic acid groups (broad SMARTS) is 1. The molecule has 0 aromatic rings. The lowest BCUT2D eigenvalue weighted by Crippen LogP contribution is -2.57. The van der Waals surface area contributed by atoms with Crippen molar-refractivity contribution in [2.24, 2.45) is 17.8 Å². The molecule has 0 saturated carbocycles. The summed E-state index contributed by atoms with van der Waals surface area (Å²) < 4.78 is 12.0. The Morgan fingerprint density at radius 3 is 2.58 bits per heavy atom. The lowest BCUT2D eigenvalue weighted by atomic mass is 9.62. The Kier molecular flexibility index (Phi) is 8.09. The smallest absolute Gasteiger partial charge is 0.310 e. The molecule has 202 valence electrons. The highest BCUT2D eigenvalue weighted by molar-refractivity contribution is 5.98. The van der Waals surface area contributed by atoms with E-state index in [1.54, 1.807) is 22.8 Å². The van der Waals surface area contributed by atoms with Gasteiger partial charge >= 0.3 is 5.97 Å². The number of carboxylic acids is 1. The summed E-state index contributed by atoms with van der Waals surface area (Å²) in [6.07, 6.45) is 4.10. The number of aliphatic carboxylic acids is 1. The zero-order chi connectivity index (χ0) is 26.1. The standard InChI is InChI=1S/C26H41N3O7/c1-4-8-28(11-10-27-12-15-35-16-13-27)23(32)21-26-17-18(2)25(3,36-26)20(24(33)34)19(26)22(31)29(21)9-6-5-7-14-30/h4,18-21,30H,1,5-17H2,2-3H3,(H,33,34)/t18?,19-,20-,21?,25+,26?/m0/s1. The number of carbonyl (C=O) groups excluding carboxylic acids is 2. The molecule has 0 aliphatic carbocycles. The minimum absolute atomic E-state index is 0.0671. The van der Waals surface area contributed by atoms with Gasteiger partial charge in [0.25, 0.3) is 0 Å². The topological polar surface area (TPSA) is 120 Å². The summed E-state index contributed by atoms with van der Waals surface area (Å²) in [7, 11) is 0. The molecule has 4 rings (SSSR count). The van der Waals surface area contributed by atoms with Gasteiger partial charge in [0.15, 0.2) is 0 Å². The third kappa shape index (κ3) is 4.46. The molecule has 10 heteroatoms. The first-order chi connectivity index (χ1) is 17.2. The van der Waals surface area contributed by atoms with Gasteiger partial charge in [-0.2, -0.15) is 0 Å². The van der Waals surface area contributed by atoms with Gasteiger partial charge in [-0.05, 0) is 38.5 Å². The van der Waals surface area contributed by atoms with E-state index in [-0.39, 0.29) is 24.3 Å². The second-order valence-corrected chi connectivity index (χ2v) is 10.9. The quantitative estimate of drug-likeness (QED) is 0.291. The van der Waals surface area contributed by atoms with E-state index in [1.807, 2.05) is 6.92 Å². The number of morpholine rings is 1. The Bertz CT molecular complexity index is 862. The zero-order valence-corrected chi connectivity index (χ0v) is 21.6. The number of aliphatic hydroxyl groups is 1. The molecule has 4 saturated heterocycles. The van der Waals surface area contributed by atoms with Crippen molar-refractivity contribution in [2.75, 3.05) is 59.1 Å². The van der Waals surface area contributed by atoms with Crippen LogP contribution in [0.25, 0.3) is 0 Å². The van der Waals surface area contributed by atoms with Crippen LogP contribution in [0.5, 0.6) is 0 Å². The average molecular weight is 508 g/mol. The number of ether oxygens (including phenoxy) is 2. The van der Waals surface area contributed by atoms with Crippen molar-refractivity contribution in [3.05, 3.63) is 12.7 Å². The fourth-order valence-corrected chi connectivity index (χ4v) is 6.91. The molecule has 4 fully saturated rings. The SMILES string of the molecule is C=CCN(CCN1CCOCC1)C(=O)C1N(CCCCCO)C(=O)[C@@H]2[C@@H](C(=O)O)[C@]3(C)OC12CC3C. The molecule has 6 atom stereocenters. The molecule has 4 aliphatic heterocycles. The molecule has 2 N–H and O–H groups in total. The lowest BCUT2D eigenvalue weighted by Gasteiger charge is -2.38. The number of nitrogens with zero attached hydrogens (tertiary/aromatic N) is 3. The van der Waals surface area contributed by atoms with E-state index in [0.29, 0.717) is 65.1 Å². The van der Waals surface area contributed by atoms with Crippen molar-refractivity contribution < 1.29 is 34.1 Å². The lowest BCUT2D eigenvalue weighted by molar-refractivity contribution is -0.158. The van der Waals surface area contributed by atoms with Crippen molar-refractivity contribution in [2.45, 2.75) is 56.8 Å². The van der Waals surface area contributed by atoms with E-state index in [2.05, 4.69) is 11.5 Å². The zero-order valence-electron chi connectivity index (χ0n) is 21.6. The number of rotatable bonds is 12. The minimum atomic E-state index is -1.15. The van der Waals surface area contributed by atoms with Crippen LogP contribution < -0.4 is 0 Å². The van der Waals surface area contributed by atoms with E-state index < -0.39 is 35.0 Å². The van der Waals surface area contributed by atoms with Gasteiger partial charge in [-0.3, -0.25) is 19.3 Å². The van der Waals surface area contributed by atoms with Crippen LogP contribution in [-0.4, -0.2) is 119 Å². The molecule has 0 radical (unpaired) electrons. The number of carbonyl (C=O) groups is 3. The molecule has 2 bridgehead atoms. The van der Waals surface area contributed by atoms with E-state index in [0.717, 1.165) is 13.1 Å². The molecular weight excluding hydrogens is 466 g/mol. The Balaban J connectivity index is 1.64. The first kappa shape index (κ1) is 27.0. The van der Waals surface area contributed by atoms with Gasteiger partial charge in [-0.1, -0.05) is 13.0 Å². The van der Waals surface area contributed by atoms with Crippen molar-refractivity contribution in [1.82, 2.24) is 14.7 Å². The number of likely N-dealkylation sites (tertiary alicyclic amines) is 1. The number of hydrogen-bond acceptors (Lipinski definition) is 7. The maximum absolute atomic E-state index is 14.2. The Morgan fingerprint density at radius 1 is 1.22 bits per heavy atom. The van der Waals surface area contributed by atoms with Crippen molar-refractivity contribution in [1.29, 1.82) is 0 Å². The number of aliphatic hydroxyl groups excluding tert-OH is 1. The minimum Gasteiger partial charge on any atom is -0.481 e. The van der Waals surface area contributed by atoms with Gasteiger partial charge < -0.3 is 29.5 Å². The number of unbranched alkanes of at least 4 members (excludes halogenated alkanes) is 2. The van der Waals surface area contributed by atoms with Crippen LogP contribution >= 0.6 is 0 Å². The largest absolute Gasteiger partial charge is 0.481 e. The van der Waals surface area contributed by atoms with Crippen LogP contribution in [0.15, 0.2) is 12.7 Å². The van der Waals surface area contributed by atoms with Gasteiger partial charge in [0.05, 0.1) is 24.7 Å². The maximum atomic E-state index is 14.2. The normalized spacial score (nSPS) is 35.8. The Hall–Kier alpha value is -2.01. The molecule has 0 aromatic carbocycles. The first-order valence-corrected chi connectivity index (χ1v) is 13.3. The monoisotopic (exact) mass is 507 g/mol. The molecule has 10 nitrogen and oxygen atoms in total. The summed E-state index contributed by atoms with van der Waals surface area (Å²) >= 11 is 0. The van der Waals surface area contributed by atoms with Crippen LogP contribution in [0.3, 0.4) is 0 Å². The van der Waals surface area contributed by atoms with E-state index >= 15 is 0 Å². The first-order valence-electron chi connectivity index (χ1n) is 13.3. The number of amides is 2. The highest BCUT2D eigenvalue weighted by atomic mass is 16.5.